The van der Waals surface area contributed by atoms with Crippen LogP contribution in [0.1, 0.15) is 39.5 Å². The van der Waals surface area contributed by atoms with Crippen LogP contribution in [0.3, 0.4) is 0 Å². The van der Waals surface area contributed by atoms with Crippen LogP contribution in [0, 0.1) is 0 Å². The van der Waals surface area contributed by atoms with Crippen LogP contribution in [0.25, 0.3) is 0 Å². The molecule has 2 atom stereocenters. The molecular weight excluding hydrogens is 192 g/mol. The summed E-state index contributed by atoms with van der Waals surface area (Å²) in [7, 11) is -4.10. The molecule has 0 spiro atoms. The quantitative estimate of drug-likeness (QED) is 0.646. The fourth-order valence-electron chi connectivity index (χ4n) is 1.21. The fraction of sp³-hybridized carbons (Fsp3) is 1.00. The largest absolute Gasteiger partial charge is 0.392 e. The summed E-state index contributed by atoms with van der Waals surface area (Å²) in [5.74, 6) is 0. The van der Waals surface area contributed by atoms with Crippen molar-refractivity contribution < 1.29 is 18.1 Å². The monoisotopic (exact) mass is 210 g/mol. The Morgan fingerprint density at radius 2 is 1.85 bits per heavy atom. The molecule has 0 amide bonds. The first-order valence-electron chi connectivity index (χ1n) is 4.57. The summed E-state index contributed by atoms with van der Waals surface area (Å²) in [5.41, 5.74) is 0. The predicted octanol–water partition coefficient (Wildman–Crippen LogP) is 1.20. The number of hydrogen-bond acceptors (Lipinski definition) is 3. The highest BCUT2D eigenvalue weighted by atomic mass is 32.2. The Balaban J connectivity index is 4.38. The third-order valence-corrected chi connectivity index (χ3v) is 3.39. The third-order valence-electron chi connectivity index (χ3n) is 2.07. The van der Waals surface area contributed by atoms with Gasteiger partial charge in [-0.3, -0.25) is 4.55 Å². The van der Waals surface area contributed by atoms with Gasteiger partial charge < -0.3 is 5.11 Å². The molecule has 13 heavy (non-hydrogen) atoms. The molecule has 0 saturated heterocycles. The normalized spacial score (nSPS) is 16.9. The Morgan fingerprint density at radius 3 is 2.15 bits per heavy atom. The summed E-state index contributed by atoms with van der Waals surface area (Å²) in [6.07, 6.45) is 1.25. The Labute approximate surface area is 79.7 Å². The van der Waals surface area contributed by atoms with Crippen LogP contribution >= 0.6 is 0 Å². The number of rotatable bonds is 6. The maximum absolute atomic E-state index is 10.8. The molecule has 0 aromatic rings. The van der Waals surface area contributed by atoms with Crippen molar-refractivity contribution in [3.63, 3.8) is 0 Å². The van der Waals surface area contributed by atoms with Gasteiger partial charge in [0.05, 0.1) is 6.10 Å². The van der Waals surface area contributed by atoms with Gasteiger partial charge in [-0.2, -0.15) is 8.42 Å². The zero-order valence-corrected chi connectivity index (χ0v) is 8.92. The van der Waals surface area contributed by atoms with Gasteiger partial charge in [0.15, 0.2) is 0 Å². The van der Waals surface area contributed by atoms with Gasteiger partial charge in [-0.15, -0.1) is 0 Å². The first kappa shape index (κ1) is 12.9. The van der Waals surface area contributed by atoms with Crippen molar-refractivity contribution in [2.75, 3.05) is 0 Å². The Morgan fingerprint density at radius 1 is 1.31 bits per heavy atom. The minimum absolute atomic E-state index is 0.324. The lowest BCUT2D eigenvalue weighted by Gasteiger charge is -2.18. The Kier molecular flexibility index (Phi) is 5.51. The minimum atomic E-state index is -4.10. The molecule has 0 radical (unpaired) electrons. The highest BCUT2D eigenvalue weighted by Gasteiger charge is 2.28. The lowest BCUT2D eigenvalue weighted by Crippen LogP contribution is -2.33. The van der Waals surface area contributed by atoms with E-state index in [1.807, 2.05) is 6.92 Å². The highest BCUT2D eigenvalue weighted by molar-refractivity contribution is 7.86. The van der Waals surface area contributed by atoms with Gasteiger partial charge in [0.2, 0.25) is 0 Å². The summed E-state index contributed by atoms with van der Waals surface area (Å²) in [5, 5.41) is 8.32. The average molecular weight is 210 g/mol. The standard InChI is InChI=1S/C8H18O4S/c1-3-5-6-8(7(9)4-2)13(10,11)12/h7-9H,3-6H2,1-2H3,(H,10,11,12). The molecule has 0 aliphatic heterocycles. The van der Waals surface area contributed by atoms with Crippen molar-refractivity contribution in [1.82, 2.24) is 0 Å². The van der Waals surface area contributed by atoms with Gasteiger partial charge in [-0.05, 0) is 12.8 Å². The van der Waals surface area contributed by atoms with Crippen LogP contribution < -0.4 is 0 Å². The van der Waals surface area contributed by atoms with Gasteiger partial charge >= 0.3 is 0 Å². The summed E-state index contributed by atoms with van der Waals surface area (Å²) in [6, 6.07) is 0. The lowest BCUT2D eigenvalue weighted by atomic mass is 10.1. The van der Waals surface area contributed by atoms with Crippen LogP contribution in [0.15, 0.2) is 0 Å². The van der Waals surface area contributed by atoms with E-state index < -0.39 is 21.5 Å². The van der Waals surface area contributed by atoms with Gasteiger partial charge in [-0.1, -0.05) is 26.7 Å². The molecule has 4 nitrogen and oxygen atoms in total. The Bertz CT molecular complexity index is 222. The molecule has 0 aromatic carbocycles. The molecule has 5 heteroatoms. The molecule has 80 valence electrons. The minimum Gasteiger partial charge on any atom is -0.392 e. The second-order valence-corrected chi connectivity index (χ2v) is 4.81. The number of aliphatic hydroxyl groups excluding tert-OH is 1. The van der Waals surface area contributed by atoms with E-state index >= 15 is 0 Å². The van der Waals surface area contributed by atoms with Gasteiger partial charge in [0, 0.05) is 0 Å². The molecule has 0 aliphatic carbocycles. The Hall–Kier alpha value is -0.130. The molecule has 0 aliphatic rings. The van der Waals surface area contributed by atoms with Crippen LogP contribution in [-0.2, 0) is 10.1 Å². The zero-order chi connectivity index (χ0) is 10.5. The second kappa shape index (κ2) is 5.57. The van der Waals surface area contributed by atoms with E-state index in [0.29, 0.717) is 19.3 Å². The first-order chi connectivity index (χ1) is 5.93. The summed E-state index contributed by atoms with van der Waals surface area (Å²) < 4.78 is 30.5. The third kappa shape index (κ3) is 4.59. The smallest absolute Gasteiger partial charge is 0.270 e. The molecule has 0 rings (SSSR count). The maximum Gasteiger partial charge on any atom is 0.270 e. The van der Waals surface area contributed by atoms with Gasteiger partial charge in [-0.25, -0.2) is 0 Å². The molecule has 0 bridgehead atoms. The van der Waals surface area contributed by atoms with E-state index in [4.69, 9.17) is 4.55 Å². The molecule has 2 unspecified atom stereocenters. The van der Waals surface area contributed by atoms with Crippen molar-refractivity contribution in [2.24, 2.45) is 0 Å². The molecular formula is C8H18O4S. The maximum atomic E-state index is 10.8. The molecule has 0 fully saturated rings. The number of aliphatic hydroxyl groups is 1. The molecule has 0 saturated carbocycles. The summed E-state index contributed by atoms with van der Waals surface area (Å²) in [6.45, 7) is 3.62. The van der Waals surface area contributed by atoms with Crippen molar-refractivity contribution in [1.29, 1.82) is 0 Å². The number of unbranched alkanes of at least 4 members (excludes halogenated alkanes) is 1. The first-order valence-corrected chi connectivity index (χ1v) is 6.08. The predicted molar refractivity (Wildman–Crippen MR) is 51.2 cm³/mol. The van der Waals surface area contributed by atoms with Crippen molar-refractivity contribution in [2.45, 2.75) is 50.9 Å². The van der Waals surface area contributed by atoms with Gasteiger partial charge in [0.1, 0.15) is 5.25 Å². The van der Waals surface area contributed by atoms with Gasteiger partial charge in [0.25, 0.3) is 10.1 Å². The average Bonchev–Trinajstić information content (AvgIpc) is 2.02. The molecule has 2 N–H and O–H groups in total. The summed E-state index contributed by atoms with van der Waals surface area (Å²) >= 11 is 0. The van der Waals surface area contributed by atoms with Crippen LogP contribution in [0.4, 0.5) is 0 Å². The van der Waals surface area contributed by atoms with E-state index in [2.05, 4.69) is 0 Å². The van der Waals surface area contributed by atoms with E-state index in [0.717, 1.165) is 6.42 Å². The second-order valence-electron chi connectivity index (χ2n) is 3.17. The fourth-order valence-corrected chi connectivity index (χ4v) is 2.26. The van der Waals surface area contributed by atoms with Crippen molar-refractivity contribution >= 4 is 10.1 Å². The zero-order valence-electron chi connectivity index (χ0n) is 8.10. The SMILES string of the molecule is CCCCC(C(O)CC)S(=O)(=O)O. The van der Waals surface area contributed by atoms with E-state index in [1.54, 1.807) is 6.92 Å². The molecule has 0 aromatic heterocycles. The van der Waals surface area contributed by atoms with Crippen LogP contribution in [0.5, 0.6) is 0 Å². The lowest BCUT2D eigenvalue weighted by molar-refractivity contribution is 0.156. The molecule has 0 heterocycles. The summed E-state index contributed by atoms with van der Waals surface area (Å²) in [4.78, 5) is 0. The van der Waals surface area contributed by atoms with Crippen molar-refractivity contribution in [3.05, 3.63) is 0 Å². The topological polar surface area (TPSA) is 74.6 Å². The van der Waals surface area contributed by atoms with Crippen LogP contribution in [-0.4, -0.2) is 29.4 Å². The highest BCUT2D eigenvalue weighted by Crippen LogP contribution is 2.15. The van der Waals surface area contributed by atoms with Crippen LogP contribution in [0.2, 0.25) is 0 Å². The van der Waals surface area contributed by atoms with E-state index in [-0.39, 0.29) is 0 Å². The number of hydrogen-bond donors (Lipinski definition) is 2. The van der Waals surface area contributed by atoms with Crippen molar-refractivity contribution in [3.8, 4) is 0 Å². The van der Waals surface area contributed by atoms with E-state index in [1.165, 1.54) is 0 Å². The van der Waals surface area contributed by atoms with E-state index in [9.17, 15) is 13.5 Å².